The summed E-state index contributed by atoms with van der Waals surface area (Å²) >= 11 is 0. The van der Waals surface area contributed by atoms with Crippen LogP contribution in [0.4, 0.5) is 5.69 Å². The Morgan fingerprint density at radius 1 is 1.19 bits per heavy atom. The Balaban J connectivity index is 1.66. The Hall–Kier alpha value is -2.48. The predicted octanol–water partition coefficient (Wildman–Crippen LogP) is 1.96. The molecule has 0 bridgehead atoms. The first-order valence-corrected chi connectivity index (χ1v) is 10.8. The standard InChI is InChI=1S/C19H24N4O3S/c1-15-3-5-17(6-4-15)23(27(2,25)26)13-19(24)22-11-8-16(9-12-22)18-7-10-20-14-21-18/h3-7,10,14,16H,8-9,11-13H2,1-2H3. The number of nitrogens with zero attached hydrogens (tertiary/aromatic N) is 4. The highest BCUT2D eigenvalue weighted by Crippen LogP contribution is 2.26. The van der Waals surface area contributed by atoms with Crippen LogP contribution < -0.4 is 4.31 Å². The molecule has 1 aromatic heterocycles. The number of sulfonamides is 1. The maximum atomic E-state index is 12.7. The molecule has 1 amide bonds. The zero-order valence-corrected chi connectivity index (χ0v) is 16.4. The number of aryl methyl sites for hydroxylation is 1. The van der Waals surface area contributed by atoms with Gasteiger partial charge in [-0.05, 0) is 38.0 Å². The van der Waals surface area contributed by atoms with Crippen molar-refractivity contribution in [2.24, 2.45) is 0 Å². The van der Waals surface area contributed by atoms with Crippen molar-refractivity contribution in [1.29, 1.82) is 0 Å². The van der Waals surface area contributed by atoms with Crippen LogP contribution in [0.2, 0.25) is 0 Å². The number of carbonyl (C=O) groups excluding carboxylic acids is 1. The minimum Gasteiger partial charge on any atom is -0.341 e. The summed E-state index contributed by atoms with van der Waals surface area (Å²) in [7, 11) is -3.55. The molecule has 2 aromatic rings. The predicted molar refractivity (Wildman–Crippen MR) is 104 cm³/mol. The van der Waals surface area contributed by atoms with E-state index in [4.69, 9.17) is 0 Å². The summed E-state index contributed by atoms with van der Waals surface area (Å²) in [6, 6.07) is 9.04. The maximum Gasteiger partial charge on any atom is 0.243 e. The lowest BCUT2D eigenvalue weighted by Gasteiger charge is -2.33. The van der Waals surface area contributed by atoms with Gasteiger partial charge in [0, 0.05) is 30.9 Å². The first-order chi connectivity index (χ1) is 12.8. The van der Waals surface area contributed by atoms with Crippen LogP contribution in [0, 0.1) is 6.92 Å². The fraction of sp³-hybridized carbons (Fsp3) is 0.421. The number of amides is 1. The van der Waals surface area contributed by atoms with E-state index in [9.17, 15) is 13.2 Å². The normalized spacial score (nSPS) is 15.6. The van der Waals surface area contributed by atoms with Crippen LogP contribution in [0.3, 0.4) is 0 Å². The summed E-state index contributed by atoms with van der Waals surface area (Å²) in [5, 5.41) is 0. The summed E-state index contributed by atoms with van der Waals surface area (Å²) in [6.45, 7) is 2.94. The lowest BCUT2D eigenvalue weighted by molar-refractivity contribution is -0.130. The van der Waals surface area contributed by atoms with Gasteiger partial charge in [0.1, 0.15) is 12.9 Å². The lowest BCUT2D eigenvalue weighted by atomic mass is 9.93. The summed E-state index contributed by atoms with van der Waals surface area (Å²) in [5.41, 5.74) is 2.53. The molecule has 0 spiro atoms. The van der Waals surface area contributed by atoms with Crippen molar-refractivity contribution in [1.82, 2.24) is 14.9 Å². The van der Waals surface area contributed by atoms with Gasteiger partial charge >= 0.3 is 0 Å². The van der Waals surface area contributed by atoms with Crippen molar-refractivity contribution >= 4 is 21.6 Å². The number of hydrogen-bond donors (Lipinski definition) is 0. The minimum absolute atomic E-state index is 0.179. The zero-order valence-electron chi connectivity index (χ0n) is 15.6. The monoisotopic (exact) mass is 388 g/mol. The van der Waals surface area contributed by atoms with Gasteiger partial charge in [-0.25, -0.2) is 18.4 Å². The van der Waals surface area contributed by atoms with Gasteiger partial charge in [-0.3, -0.25) is 9.10 Å². The highest BCUT2D eigenvalue weighted by atomic mass is 32.2. The number of carbonyl (C=O) groups is 1. The quantitative estimate of drug-likeness (QED) is 0.782. The fourth-order valence-corrected chi connectivity index (χ4v) is 4.15. The number of aromatic nitrogens is 2. The average Bonchev–Trinajstić information content (AvgIpc) is 2.67. The van der Waals surface area contributed by atoms with E-state index in [1.54, 1.807) is 29.6 Å². The molecule has 1 fully saturated rings. The second-order valence-electron chi connectivity index (χ2n) is 6.89. The van der Waals surface area contributed by atoms with Crippen molar-refractivity contribution < 1.29 is 13.2 Å². The number of hydrogen-bond acceptors (Lipinski definition) is 5. The van der Waals surface area contributed by atoms with Gasteiger partial charge in [0.15, 0.2) is 0 Å². The second-order valence-corrected chi connectivity index (χ2v) is 8.80. The third-order valence-corrected chi connectivity index (χ3v) is 6.01. The lowest BCUT2D eigenvalue weighted by Crippen LogP contribution is -2.45. The third-order valence-electron chi connectivity index (χ3n) is 4.87. The zero-order chi connectivity index (χ0) is 19.4. The average molecular weight is 388 g/mol. The molecule has 8 heteroatoms. The molecule has 7 nitrogen and oxygen atoms in total. The van der Waals surface area contributed by atoms with E-state index in [1.807, 2.05) is 25.1 Å². The molecule has 0 aliphatic carbocycles. The van der Waals surface area contributed by atoms with Crippen LogP contribution in [0.15, 0.2) is 42.9 Å². The van der Waals surface area contributed by atoms with Gasteiger partial charge in [0.2, 0.25) is 15.9 Å². The summed E-state index contributed by atoms with van der Waals surface area (Å²) in [4.78, 5) is 22.7. The highest BCUT2D eigenvalue weighted by molar-refractivity contribution is 7.92. The first kappa shape index (κ1) is 19.3. The molecule has 1 saturated heterocycles. The topological polar surface area (TPSA) is 83.5 Å². The SMILES string of the molecule is Cc1ccc(N(CC(=O)N2CCC(c3ccncn3)CC2)S(C)(=O)=O)cc1. The van der Waals surface area contributed by atoms with Crippen LogP contribution >= 0.6 is 0 Å². The van der Waals surface area contributed by atoms with Crippen LogP contribution in [-0.4, -0.2) is 55.1 Å². The van der Waals surface area contributed by atoms with E-state index in [0.29, 0.717) is 24.7 Å². The molecule has 3 rings (SSSR count). The molecule has 27 heavy (non-hydrogen) atoms. The Labute approximate surface area is 160 Å². The van der Waals surface area contributed by atoms with E-state index in [2.05, 4.69) is 9.97 Å². The van der Waals surface area contributed by atoms with E-state index in [-0.39, 0.29) is 12.5 Å². The van der Waals surface area contributed by atoms with E-state index >= 15 is 0 Å². The van der Waals surface area contributed by atoms with Crippen molar-refractivity contribution in [2.45, 2.75) is 25.7 Å². The van der Waals surface area contributed by atoms with Crippen molar-refractivity contribution in [3.63, 3.8) is 0 Å². The van der Waals surface area contributed by atoms with Gasteiger partial charge in [0.25, 0.3) is 0 Å². The van der Waals surface area contributed by atoms with E-state index < -0.39 is 10.0 Å². The number of rotatable bonds is 5. The highest BCUT2D eigenvalue weighted by Gasteiger charge is 2.28. The molecular formula is C19H24N4O3S. The summed E-state index contributed by atoms with van der Waals surface area (Å²) in [6.07, 6.45) is 6.02. The number of likely N-dealkylation sites (tertiary alicyclic amines) is 1. The smallest absolute Gasteiger partial charge is 0.243 e. The molecule has 144 valence electrons. The Morgan fingerprint density at radius 3 is 2.41 bits per heavy atom. The molecule has 0 saturated carbocycles. The Bertz CT molecular complexity index is 877. The van der Waals surface area contributed by atoms with Crippen LogP contribution in [0.25, 0.3) is 0 Å². The van der Waals surface area contributed by atoms with Crippen molar-refractivity contribution in [3.8, 4) is 0 Å². The molecule has 0 atom stereocenters. The van der Waals surface area contributed by atoms with Gasteiger partial charge in [-0.1, -0.05) is 17.7 Å². The van der Waals surface area contributed by atoms with Crippen molar-refractivity contribution in [3.05, 3.63) is 54.1 Å². The minimum atomic E-state index is -3.55. The van der Waals surface area contributed by atoms with Gasteiger partial charge in [-0.2, -0.15) is 0 Å². The largest absolute Gasteiger partial charge is 0.341 e. The van der Waals surface area contributed by atoms with Crippen LogP contribution in [0.1, 0.15) is 30.0 Å². The van der Waals surface area contributed by atoms with Gasteiger partial charge in [0.05, 0.1) is 11.9 Å². The maximum absolute atomic E-state index is 12.7. The Kier molecular flexibility index (Phi) is 5.74. The van der Waals surface area contributed by atoms with E-state index in [1.165, 1.54) is 4.31 Å². The molecule has 0 radical (unpaired) electrons. The summed E-state index contributed by atoms with van der Waals surface area (Å²) < 4.78 is 25.6. The van der Waals surface area contributed by atoms with Crippen LogP contribution in [-0.2, 0) is 14.8 Å². The molecular weight excluding hydrogens is 364 g/mol. The second kappa shape index (κ2) is 8.04. The number of piperidine rings is 1. The first-order valence-electron chi connectivity index (χ1n) is 8.92. The van der Waals surface area contributed by atoms with Crippen molar-refractivity contribution in [2.75, 3.05) is 30.2 Å². The molecule has 0 unspecified atom stereocenters. The molecule has 1 aromatic carbocycles. The number of benzene rings is 1. The molecule has 1 aliphatic heterocycles. The van der Waals surface area contributed by atoms with Gasteiger partial charge < -0.3 is 4.90 Å². The molecule has 0 N–H and O–H groups in total. The van der Waals surface area contributed by atoms with E-state index in [0.717, 1.165) is 30.4 Å². The van der Waals surface area contributed by atoms with Gasteiger partial charge in [-0.15, -0.1) is 0 Å². The number of anilines is 1. The molecule has 1 aliphatic rings. The molecule has 2 heterocycles. The third kappa shape index (κ3) is 4.82. The Morgan fingerprint density at radius 2 is 1.85 bits per heavy atom. The fourth-order valence-electron chi connectivity index (χ4n) is 3.30. The summed E-state index contributed by atoms with van der Waals surface area (Å²) in [5.74, 6) is 0.127. The van der Waals surface area contributed by atoms with Crippen LogP contribution in [0.5, 0.6) is 0 Å².